The molecule has 2 aliphatic rings. The second-order valence-corrected chi connectivity index (χ2v) is 14.0. The minimum atomic E-state index is -0.653. The van der Waals surface area contributed by atoms with Gasteiger partial charge in [-0.15, -0.1) is 11.3 Å². The van der Waals surface area contributed by atoms with Gasteiger partial charge >= 0.3 is 12.2 Å². The number of halogens is 1. The SMILES string of the molecule is C.C.CC(C)(C)OC(=O)N1CCC(C(O)c2ccc(F)s2)CC1.CC(C)(C)OC(=O)N1CCC(C=O)CC1.c1ccsc1. The smallest absolute Gasteiger partial charge is 0.410 e. The Balaban J connectivity index is 0.000000700. The van der Waals surface area contributed by atoms with Crippen molar-refractivity contribution in [2.45, 2.75) is 99.4 Å². The van der Waals surface area contributed by atoms with Crippen LogP contribution in [0, 0.1) is 17.0 Å². The van der Waals surface area contributed by atoms with Gasteiger partial charge < -0.3 is 29.2 Å². The maximum Gasteiger partial charge on any atom is 0.410 e. The maximum absolute atomic E-state index is 13.0. The summed E-state index contributed by atoms with van der Waals surface area (Å²) in [4.78, 5) is 38.1. The third-order valence-corrected chi connectivity index (χ3v) is 7.91. The minimum absolute atomic E-state index is 0. The third kappa shape index (κ3) is 15.7. The average Bonchev–Trinajstić information content (AvgIpc) is 3.62. The van der Waals surface area contributed by atoms with E-state index in [1.54, 1.807) is 27.2 Å². The second kappa shape index (κ2) is 19.0. The number of hydrogen-bond donors (Lipinski definition) is 1. The van der Waals surface area contributed by atoms with Gasteiger partial charge in [0, 0.05) is 37.0 Å². The number of rotatable bonds is 3. The number of aldehydes is 1. The van der Waals surface area contributed by atoms with E-state index in [-0.39, 0.29) is 44.0 Å². The van der Waals surface area contributed by atoms with Gasteiger partial charge in [0.1, 0.15) is 17.5 Å². The van der Waals surface area contributed by atoms with Crippen molar-refractivity contribution < 1.29 is 33.4 Å². The predicted octanol–water partition coefficient (Wildman–Crippen LogP) is 8.42. The van der Waals surface area contributed by atoms with Crippen molar-refractivity contribution in [1.82, 2.24) is 9.80 Å². The average molecular weight is 645 g/mol. The number of likely N-dealkylation sites (tertiary alicyclic amines) is 2. The van der Waals surface area contributed by atoms with Crippen LogP contribution in [0.4, 0.5) is 14.0 Å². The van der Waals surface area contributed by atoms with Crippen molar-refractivity contribution in [2.75, 3.05) is 26.2 Å². The molecule has 1 N–H and O–H groups in total. The van der Waals surface area contributed by atoms with Crippen molar-refractivity contribution in [3.05, 3.63) is 45.0 Å². The van der Waals surface area contributed by atoms with E-state index < -0.39 is 17.3 Å². The fourth-order valence-electron chi connectivity index (χ4n) is 4.22. The van der Waals surface area contributed by atoms with Gasteiger partial charge in [0.25, 0.3) is 0 Å². The summed E-state index contributed by atoms with van der Waals surface area (Å²) in [5, 5.41) is 14.1. The van der Waals surface area contributed by atoms with Crippen LogP contribution in [-0.2, 0) is 14.3 Å². The van der Waals surface area contributed by atoms with Crippen LogP contribution >= 0.6 is 22.7 Å². The summed E-state index contributed by atoms with van der Waals surface area (Å²) in [6, 6.07) is 7.04. The van der Waals surface area contributed by atoms with E-state index in [1.165, 1.54) is 6.07 Å². The van der Waals surface area contributed by atoms with Gasteiger partial charge in [-0.2, -0.15) is 15.7 Å². The Morgan fingerprint density at radius 2 is 1.33 bits per heavy atom. The zero-order chi connectivity index (χ0) is 30.6. The van der Waals surface area contributed by atoms with Crippen LogP contribution in [0.25, 0.3) is 0 Å². The Kier molecular flexibility index (Phi) is 17.9. The fraction of sp³-hybridized carbons (Fsp3) is 0.656. The molecule has 2 saturated heterocycles. The van der Waals surface area contributed by atoms with E-state index in [0.29, 0.717) is 43.9 Å². The molecular weight excluding hydrogens is 591 g/mol. The molecule has 43 heavy (non-hydrogen) atoms. The lowest BCUT2D eigenvalue weighted by Gasteiger charge is -2.34. The van der Waals surface area contributed by atoms with E-state index >= 15 is 0 Å². The third-order valence-electron chi connectivity index (χ3n) is 6.33. The second-order valence-electron chi connectivity index (χ2n) is 12.1. The highest BCUT2D eigenvalue weighted by molar-refractivity contribution is 7.10. The lowest BCUT2D eigenvalue weighted by molar-refractivity contribution is -0.112. The predicted molar refractivity (Wildman–Crippen MR) is 174 cm³/mol. The highest BCUT2D eigenvalue weighted by Crippen LogP contribution is 2.34. The molecule has 2 amide bonds. The fourth-order valence-corrected chi connectivity index (χ4v) is 5.48. The van der Waals surface area contributed by atoms with Gasteiger partial charge in [-0.25, -0.2) is 9.59 Å². The van der Waals surface area contributed by atoms with Crippen LogP contribution in [0.3, 0.4) is 0 Å². The largest absolute Gasteiger partial charge is 0.444 e. The molecule has 4 rings (SSSR count). The van der Waals surface area contributed by atoms with Crippen LogP contribution in [-0.4, -0.2) is 70.8 Å². The summed E-state index contributed by atoms with van der Waals surface area (Å²) in [5.41, 5.74) is -0.944. The standard InChI is InChI=1S/C15H22FNO3S.C11H19NO3.C4H4S.2CH4/c1-15(2,3)20-14(19)17-8-6-10(7-9-17)13(18)11-4-5-12(16)21-11;1-11(2,3)15-10(14)12-6-4-9(8-13)5-7-12;1-2-4-5-3-1;;/h4-5,10,13,18H,6-9H2,1-3H3;8-9H,4-7H2,1-3H3;1-4H;2*1H4. The number of carbonyl (C=O) groups is 3. The summed E-state index contributed by atoms with van der Waals surface area (Å²) in [6.07, 6.45) is 2.64. The Bertz CT molecular complexity index is 1030. The normalized spacial score (nSPS) is 16.6. The van der Waals surface area contributed by atoms with Crippen LogP contribution < -0.4 is 0 Å². The summed E-state index contributed by atoms with van der Waals surface area (Å²) in [5.74, 6) is 0.172. The molecular formula is C32H53FN2O6S2. The highest BCUT2D eigenvalue weighted by atomic mass is 32.1. The van der Waals surface area contributed by atoms with Gasteiger partial charge in [-0.3, -0.25) is 0 Å². The lowest BCUT2D eigenvalue weighted by Crippen LogP contribution is -2.42. The van der Waals surface area contributed by atoms with Gasteiger partial charge in [-0.1, -0.05) is 27.0 Å². The summed E-state index contributed by atoms with van der Waals surface area (Å²) >= 11 is 2.70. The molecule has 0 aromatic carbocycles. The number of thiophene rings is 2. The van der Waals surface area contributed by atoms with Gasteiger partial charge in [0.05, 0.1) is 6.10 Å². The van der Waals surface area contributed by atoms with Crippen molar-refractivity contribution in [3.8, 4) is 0 Å². The van der Waals surface area contributed by atoms with Gasteiger partial charge in [0.2, 0.25) is 0 Å². The molecule has 0 radical (unpaired) electrons. The summed E-state index contributed by atoms with van der Waals surface area (Å²) < 4.78 is 23.6. The zero-order valence-electron chi connectivity index (χ0n) is 25.0. The van der Waals surface area contributed by atoms with Crippen molar-refractivity contribution >= 4 is 41.1 Å². The Labute approximate surface area is 266 Å². The summed E-state index contributed by atoms with van der Waals surface area (Å²) in [6.45, 7) is 13.4. The number of hydrogen-bond acceptors (Lipinski definition) is 8. The van der Waals surface area contributed by atoms with E-state index in [1.807, 2.05) is 64.4 Å². The van der Waals surface area contributed by atoms with Crippen LogP contribution in [0.2, 0.25) is 0 Å². The topological polar surface area (TPSA) is 96.4 Å². The van der Waals surface area contributed by atoms with Crippen LogP contribution in [0.15, 0.2) is 35.0 Å². The number of nitrogens with zero attached hydrogens (tertiary/aromatic N) is 2. The molecule has 8 nitrogen and oxygen atoms in total. The number of aliphatic hydroxyl groups excluding tert-OH is 1. The number of amides is 2. The molecule has 0 aliphatic carbocycles. The molecule has 2 aromatic rings. The Morgan fingerprint density at radius 3 is 1.65 bits per heavy atom. The number of ether oxygens (including phenoxy) is 2. The van der Waals surface area contributed by atoms with Gasteiger partial charge in [-0.05, 0) is 96.0 Å². The van der Waals surface area contributed by atoms with Crippen molar-refractivity contribution in [3.63, 3.8) is 0 Å². The number of piperidine rings is 2. The monoisotopic (exact) mass is 644 g/mol. The molecule has 0 spiro atoms. The quantitative estimate of drug-likeness (QED) is 0.337. The Morgan fingerprint density at radius 1 is 0.884 bits per heavy atom. The first-order valence-corrected chi connectivity index (χ1v) is 15.8. The van der Waals surface area contributed by atoms with Crippen LogP contribution in [0.1, 0.15) is 93.1 Å². The number of carbonyl (C=O) groups excluding carboxylic acids is 3. The van der Waals surface area contributed by atoms with E-state index in [0.717, 1.165) is 30.5 Å². The van der Waals surface area contributed by atoms with E-state index in [4.69, 9.17) is 9.47 Å². The molecule has 246 valence electrons. The van der Waals surface area contributed by atoms with Gasteiger partial charge in [0.15, 0.2) is 5.13 Å². The first-order chi connectivity index (χ1) is 19.2. The number of aliphatic hydroxyl groups is 1. The molecule has 2 fully saturated rings. The molecule has 2 aromatic heterocycles. The first kappa shape index (κ1) is 40.5. The van der Waals surface area contributed by atoms with Crippen LogP contribution in [0.5, 0.6) is 0 Å². The minimum Gasteiger partial charge on any atom is -0.444 e. The molecule has 2 aliphatic heterocycles. The molecule has 1 atom stereocenters. The van der Waals surface area contributed by atoms with E-state index in [9.17, 15) is 23.9 Å². The molecule has 0 saturated carbocycles. The van der Waals surface area contributed by atoms with Crippen molar-refractivity contribution in [1.29, 1.82) is 0 Å². The molecule has 11 heteroatoms. The zero-order valence-corrected chi connectivity index (χ0v) is 26.6. The molecule has 4 heterocycles. The molecule has 0 bridgehead atoms. The maximum atomic E-state index is 13.0. The Hall–Kier alpha value is -2.50. The molecule has 1 unspecified atom stereocenters. The van der Waals surface area contributed by atoms with E-state index in [2.05, 4.69) is 0 Å². The summed E-state index contributed by atoms with van der Waals surface area (Å²) in [7, 11) is 0. The highest BCUT2D eigenvalue weighted by Gasteiger charge is 2.31. The van der Waals surface area contributed by atoms with Crippen molar-refractivity contribution in [2.24, 2.45) is 11.8 Å². The lowest BCUT2D eigenvalue weighted by atomic mass is 9.90. The first-order valence-electron chi connectivity index (χ1n) is 14.0.